The topological polar surface area (TPSA) is 79.3 Å². The third-order valence-electron chi connectivity index (χ3n) is 3.54. The quantitative estimate of drug-likeness (QED) is 0.870. The van der Waals surface area contributed by atoms with Crippen molar-refractivity contribution in [2.45, 2.75) is 6.10 Å². The lowest BCUT2D eigenvalue weighted by molar-refractivity contribution is -0.125. The van der Waals surface area contributed by atoms with Gasteiger partial charge in [-0.3, -0.25) is 9.69 Å². The summed E-state index contributed by atoms with van der Waals surface area (Å²) in [6.45, 7) is 1.27. The average molecular weight is 292 g/mol. The first-order valence-corrected chi connectivity index (χ1v) is 6.76. The SMILES string of the molecule is O=C1COCCN1c1ccc(N2C[C@H](CO)OC2=O)cc1. The maximum atomic E-state index is 11.8. The van der Waals surface area contributed by atoms with Gasteiger partial charge in [-0.05, 0) is 24.3 Å². The summed E-state index contributed by atoms with van der Waals surface area (Å²) < 4.78 is 10.1. The molecule has 1 atom stereocenters. The van der Waals surface area contributed by atoms with Gasteiger partial charge in [0.05, 0.1) is 19.8 Å². The molecule has 1 aromatic rings. The van der Waals surface area contributed by atoms with Crippen LogP contribution in [0.5, 0.6) is 0 Å². The van der Waals surface area contributed by atoms with E-state index in [4.69, 9.17) is 14.6 Å². The predicted molar refractivity (Wildman–Crippen MR) is 74.3 cm³/mol. The molecule has 1 N–H and O–H groups in total. The van der Waals surface area contributed by atoms with Crippen LogP contribution >= 0.6 is 0 Å². The highest BCUT2D eigenvalue weighted by Gasteiger charge is 2.31. The van der Waals surface area contributed by atoms with Gasteiger partial charge in [0.1, 0.15) is 12.7 Å². The fraction of sp³-hybridized carbons (Fsp3) is 0.429. The number of ether oxygens (including phenoxy) is 2. The molecule has 0 aliphatic carbocycles. The smallest absolute Gasteiger partial charge is 0.414 e. The van der Waals surface area contributed by atoms with Gasteiger partial charge in [0.2, 0.25) is 0 Å². The zero-order chi connectivity index (χ0) is 14.8. The van der Waals surface area contributed by atoms with E-state index in [2.05, 4.69) is 0 Å². The third-order valence-corrected chi connectivity index (χ3v) is 3.54. The first-order valence-electron chi connectivity index (χ1n) is 6.76. The van der Waals surface area contributed by atoms with Crippen molar-refractivity contribution in [3.63, 3.8) is 0 Å². The van der Waals surface area contributed by atoms with E-state index in [-0.39, 0.29) is 19.1 Å². The van der Waals surface area contributed by atoms with Crippen molar-refractivity contribution >= 4 is 23.4 Å². The molecule has 2 aliphatic heterocycles. The van der Waals surface area contributed by atoms with Crippen LogP contribution in [0.15, 0.2) is 24.3 Å². The number of cyclic esters (lactones) is 1. The van der Waals surface area contributed by atoms with Gasteiger partial charge in [-0.25, -0.2) is 4.79 Å². The maximum Gasteiger partial charge on any atom is 0.414 e. The second kappa shape index (κ2) is 5.71. The molecule has 7 nitrogen and oxygen atoms in total. The summed E-state index contributed by atoms with van der Waals surface area (Å²) in [7, 11) is 0. The van der Waals surface area contributed by atoms with Crippen molar-refractivity contribution in [1.82, 2.24) is 0 Å². The van der Waals surface area contributed by atoms with E-state index in [9.17, 15) is 9.59 Å². The van der Waals surface area contributed by atoms with E-state index in [1.165, 1.54) is 4.90 Å². The predicted octanol–water partition coefficient (Wildman–Crippen LogP) is 0.367. The van der Waals surface area contributed by atoms with Crippen molar-refractivity contribution < 1.29 is 24.2 Å². The molecule has 2 fully saturated rings. The van der Waals surface area contributed by atoms with Crippen molar-refractivity contribution in [1.29, 1.82) is 0 Å². The first kappa shape index (κ1) is 13.8. The van der Waals surface area contributed by atoms with Crippen LogP contribution in [0.1, 0.15) is 0 Å². The number of carbonyl (C=O) groups is 2. The number of hydrogen-bond acceptors (Lipinski definition) is 5. The Labute approximate surface area is 121 Å². The summed E-state index contributed by atoms with van der Waals surface area (Å²) in [4.78, 5) is 26.6. The molecule has 2 heterocycles. The van der Waals surface area contributed by atoms with Gasteiger partial charge < -0.3 is 19.5 Å². The van der Waals surface area contributed by atoms with Crippen LogP contribution in [-0.4, -0.2) is 56.1 Å². The Morgan fingerprint density at radius 2 is 1.81 bits per heavy atom. The number of anilines is 2. The Morgan fingerprint density at radius 1 is 1.14 bits per heavy atom. The third kappa shape index (κ3) is 2.70. The van der Waals surface area contributed by atoms with E-state index in [1.807, 2.05) is 0 Å². The molecule has 1 aromatic carbocycles. The molecule has 21 heavy (non-hydrogen) atoms. The zero-order valence-electron chi connectivity index (χ0n) is 11.4. The van der Waals surface area contributed by atoms with Crippen LogP contribution in [0.4, 0.5) is 16.2 Å². The molecule has 0 saturated carbocycles. The highest BCUT2D eigenvalue weighted by molar-refractivity contribution is 5.95. The lowest BCUT2D eigenvalue weighted by atomic mass is 10.2. The number of nitrogens with zero attached hydrogens (tertiary/aromatic N) is 2. The second-order valence-corrected chi connectivity index (χ2v) is 4.91. The molecule has 3 rings (SSSR count). The Balaban J connectivity index is 1.75. The highest BCUT2D eigenvalue weighted by atomic mass is 16.6. The van der Waals surface area contributed by atoms with E-state index in [0.717, 1.165) is 5.69 Å². The minimum Gasteiger partial charge on any atom is -0.441 e. The molecule has 0 spiro atoms. The van der Waals surface area contributed by atoms with E-state index in [1.54, 1.807) is 29.2 Å². The lowest BCUT2D eigenvalue weighted by Crippen LogP contribution is -2.41. The molecule has 0 unspecified atom stereocenters. The van der Waals surface area contributed by atoms with Crippen LogP contribution in [0.25, 0.3) is 0 Å². The van der Waals surface area contributed by atoms with Gasteiger partial charge in [0.15, 0.2) is 0 Å². The minimum atomic E-state index is -0.488. The number of amides is 2. The van der Waals surface area contributed by atoms with Crippen molar-refractivity contribution in [3.8, 4) is 0 Å². The number of aliphatic hydroxyl groups is 1. The molecular formula is C14H16N2O5. The van der Waals surface area contributed by atoms with E-state index >= 15 is 0 Å². The standard InChI is InChI=1S/C14H16N2O5/c17-8-12-7-16(14(19)21-12)11-3-1-10(2-4-11)15-5-6-20-9-13(15)18/h1-4,12,17H,5-9H2/t12-/m1/s1. The summed E-state index contributed by atoms with van der Waals surface area (Å²) in [5.41, 5.74) is 1.46. The molecular weight excluding hydrogens is 276 g/mol. The van der Waals surface area contributed by atoms with Crippen LogP contribution in [0, 0.1) is 0 Å². The molecule has 7 heteroatoms. The molecule has 112 valence electrons. The summed E-state index contributed by atoms with van der Waals surface area (Å²) in [5, 5.41) is 9.03. The number of morpholine rings is 1. The summed E-state index contributed by atoms with van der Waals surface area (Å²) in [6.07, 6.45) is -0.956. The molecule has 0 bridgehead atoms. The highest BCUT2D eigenvalue weighted by Crippen LogP contribution is 2.25. The maximum absolute atomic E-state index is 11.8. The number of aliphatic hydroxyl groups excluding tert-OH is 1. The number of carbonyl (C=O) groups excluding carboxylic acids is 2. The largest absolute Gasteiger partial charge is 0.441 e. The summed E-state index contributed by atoms with van der Waals surface area (Å²) in [6, 6.07) is 7.11. The van der Waals surface area contributed by atoms with Gasteiger partial charge in [0, 0.05) is 17.9 Å². The fourth-order valence-corrected chi connectivity index (χ4v) is 2.43. The second-order valence-electron chi connectivity index (χ2n) is 4.91. The Hall–Kier alpha value is -2.12. The summed E-state index contributed by atoms with van der Waals surface area (Å²) >= 11 is 0. The molecule has 2 saturated heterocycles. The van der Waals surface area contributed by atoms with Crippen LogP contribution < -0.4 is 9.80 Å². The van der Waals surface area contributed by atoms with Gasteiger partial charge in [-0.1, -0.05) is 0 Å². The summed E-state index contributed by atoms with van der Waals surface area (Å²) in [5.74, 6) is -0.0741. The number of benzene rings is 1. The van der Waals surface area contributed by atoms with E-state index in [0.29, 0.717) is 25.4 Å². The Morgan fingerprint density at radius 3 is 2.38 bits per heavy atom. The monoisotopic (exact) mass is 292 g/mol. The van der Waals surface area contributed by atoms with Gasteiger partial charge >= 0.3 is 6.09 Å². The van der Waals surface area contributed by atoms with Crippen molar-refractivity contribution in [2.24, 2.45) is 0 Å². The Kier molecular flexibility index (Phi) is 3.76. The fourth-order valence-electron chi connectivity index (χ4n) is 2.43. The van der Waals surface area contributed by atoms with E-state index < -0.39 is 12.2 Å². The molecule has 2 aliphatic rings. The average Bonchev–Trinajstić information content (AvgIpc) is 2.89. The first-order chi connectivity index (χ1) is 10.2. The molecule has 0 aromatic heterocycles. The molecule has 2 amide bonds. The van der Waals surface area contributed by atoms with Crippen LogP contribution in [-0.2, 0) is 14.3 Å². The lowest BCUT2D eigenvalue weighted by Gasteiger charge is -2.27. The number of hydrogen-bond donors (Lipinski definition) is 1. The van der Waals surface area contributed by atoms with Crippen molar-refractivity contribution in [2.75, 3.05) is 42.7 Å². The normalized spacial score (nSPS) is 22.6. The van der Waals surface area contributed by atoms with Gasteiger partial charge in [-0.15, -0.1) is 0 Å². The Bertz CT molecular complexity index is 545. The minimum absolute atomic E-state index is 0.0741. The van der Waals surface area contributed by atoms with Crippen molar-refractivity contribution in [3.05, 3.63) is 24.3 Å². The van der Waals surface area contributed by atoms with Crippen LogP contribution in [0.2, 0.25) is 0 Å². The zero-order valence-corrected chi connectivity index (χ0v) is 11.4. The van der Waals surface area contributed by atoms with Gasteiger partial charge in [-0.2, -0.15) is 0 Å². The number of rotatable bonds is 3. The molecule has 0 radical (unpaired) electrons. The van der Waals surface area contributed by atoms with Crippen LogP contribution in [0.3, 0.4) is 0 Å². The van der Waals surface area contributed by atoms with Gasteiger partial charge in [0.25, 0.3) is 5.91 Å².